The van der Waals surface area contributed by atoms with Crippen LogP contribution < -0.4 is 10.1 Å². The van der Waals surface area contributed by atoms with Crippen LogP contribution in [0.4, 0.5) is 0 Å². The van der Waals surface area contributed by atoms with Crippen LogP contribution in [-0.2, 0) is 9.47 Å². The van der Waals surface area contributed by atoms with Gasteiger partial charge in [0.1, 0.15) is 12.4 Å². The van der Waals surface area contributed by atoms with Gasteiger partial charge in [-0.25, -0.2) is 0 Å². The van der Waals surface area contributed by atoms with E-state index in [2.05, 4.69) is 12.2 Å². The Bertz CT molecular complexity index is 306. The number of hydrogen-bond donors (Lipinski definition) is 1. The zero-order valence-corrected chi connectivity index (χ0v) is 11.9. The summed E-state index contributed by atoms with van der Waals surface area (Å²) in [6.07, 6.45) is 1.20. The first-order chi connectivity index (χ1) is 9.36. The van der Waals surface area contributed by atoms with Gasteiger partial charge in [0.15, 0.2) is 0 Å². The molecule has 1 atom stereocenters. The topological polar surface area (TPSA) is 39.7 Å². The monoisotopic (exact) mass is 267 g/mol. The van der Waals surface area contributed by atoms with Crippen molar-refractivity contribution >= 4 is 0 Å². The molecule has 4 nitrogen and oxygen atoms in total. The summed E-state index contributed by atoms with van der Waals surface area (Å²) in [7, 11) is 1.69. The zero-order chi connectivity index (χ0) is 13.8. The van der Waals surface area contributed by atoms with Crippen molar-refractivity contribution in [3.8, 4) is 5.75 Å². The summed E-state index contributed by atoms with van der Waals surface area (Å²) in [5, 5.41) is 3.33. The molecular weight excluding hydrogens is 242 g/mol. The third-order valence-electron chi connectivity index (χ3n) is 2.60. The Hall–Kier alpha value is -1.10. The van der Waals surface area contributed by atoms with Gasteiger partial charge in [-0.05, 0) is 25.1 Å². The highest BCUT2D eigenvalue weighted by Crippen LogP contribution is 2.07. The molecule has 0 saturated carbocycles. The lowest BCUT2D eigenvalue weighted by atomic mass is 10.3. The molecule has 0 aliphatic rings. The van der Waals surface area contributed by atoms with E-state index in [1.807, 2.05) is 30.3 Å². The van der Waals surface area contributed by atoms with Gasteiger partial charge >= 0.3 is 0 Å². The van der Waals surface area contributed by atoms with E-state index >= 15 is 0 Å². The van der Waals surface area contributed by atoms with Gasteiger partial charge in [-0.15, -0.1) is 0 Å². The Kier molecular flexibility index (Phi) is 9.06. The number of nitrogens with one attached hydrogen (secondary N) is 1. The maximum absolute atomic E-state index is 5.74. The normalized spacial score (nSPS) is 12.3. The van der Waals surface area contributed by atoms with Crippen LogP contribution in [-0.4, -0.2) is 46.1 Å². The van der Waals surface area contributed by atoms with Crippen molar-refractivity contribution in [3.63, 3.8) is 0 Å². The number of benzene rings is 1. The Morgan fingerprint density at radius 3 is 2.63 bits per heavy atom. The second-order valence-corrected chi connectivity index (χ2v) is 4.31. The molecule has 1 aromatic carbocycles. The highest BCUT2D eigenvalue weighted by Gasteiger charge is 2.08. The molecule has 0 aromatic heterocycles. The molecule has 0 fully saturated rings. The predicted molar refractivity (Wildman–Crippen MR) is 76.7 cm³/mol. The minimum Gasteiger partial charge on any atom is -0.491 e. The van der Waals surface area contributed by atoms with E-state index < -0.39 is 0 Å². The second kappa shape index (κ2) is 10.8. The van der Waals surface area contributed by atoms with Crippen LogP contribution in [0.3, 0.4) is 0 Å². The smallest absolute Gasteiger partial charge is 0.119 e. The molecule has 1 unspecified atom stereocenters. The standard InChI is InChI=1S/C15H25NO3/c1-3-9-16-12-15(13-17-2)19-11-10-18-14-7-5-4-6-8-14/h4-8,15-16H,3,9-13H2,1-2H3. The van der Waals surface area contributed by atoms with Crippen molar-refractivity contribution in [1.82, 2.24) is 5.32 Å². The second-order valence-electron chi connectivity index (χ2n) is 4.31. The van der Waals surface area contributed by atoms with E-state index in [1.54, 1.807) is 7.11 Å². The maximum Gasteiger partial charge on any atom is 0.119 e. The van der Waals surface area contributed by atoms with E-state index in [0.29, 0.717) is 19.8 Å². The minimum atomic E-state index is 0.0796. The molecule has 1 rings (SSSR count). The molecule has 0 amide bonds. The minimum absolute atomic E-state index is 0.0796. The first kappa shape index (κ1) is 16.0. The average molecular weight is 267 g/mol. The van der Waals surface area contributed by atoms with E-state index in [0.717, 1.165) is 25.3 Å². The van der Waals surface area contributed by atoms with Crippen LogP contribution in [0.15, 0.2) is 30.3 Å². The van der Waals surface area contributed by atoms with Crippen LogP contribution in [0.5, 0.6) is 5.75 Å². The Labute approximate surface area is 116 Å². The third-order valence-corrected chi connectivity index (χ3v) is 2.60. The molecule has 0 aliphatic heterocycles. The number of methoxy groups -OCH3 is 1. The van der Waals surface area contributed by atoms with E-state index in [1.165, 1.54) is 0 Å². The Morgan fingerprint density at radius 2 is 1.95 bits per heavy atom. The molecule has 1 N–H and O–H groups in total. The first-order valence-corrected chi connectivity index (χ1v) is 6.86. The average Bonchev–Trinajstić information content (AvgIpc) is 2.45. The summed E-state index contributed by atoms with van der Waals surface area (Å²) >= 11 is 0. The fourth-order valence-corrected chi connectivity index (χ4v) is 1.68. The molecule has 19 heavy (non-hydrogen) atoms. The van der Waals surface area contributed by atoms with Gasteiger partial charge in [0, 0.05) is 13.7 Å². The summed E-state index contributed by atoms with van der Waals surface area (Å²) in [6.45, 7) is 5.68. The summed E-state index contributed by atoms with van der Waals surface area (Å²) < 4.78 is 16.5. The van der Waals surface area contributed by atoms with Gasteiger partial charge in [-0.3, -0.25) is 0 Å². The number of rotatable bonds is 11. The fourth-order valence-electron chi connectivity index (χ4n) is 1.68. The first-order valence-electron chi connectivity index (χ1n) is 6.86. The quantitative estimate of drug-likeness (QED) is 0.623. The molecule has 4 heteroatoms. The molecule has 1 aromatic rings. The molecule has 0 spiro atoms. The lowest BCUT2D eigenvalue weighted by Gasteiger charge is -2.17. The van der Waals surface area contributed by atoms with Crippen molar-refractivity contribution in [3.05, 3.63) is 30.3 Å². The van der Waals surface area contributed by atoms with Crippen molar-refractivity contribution in [2.75, 3.05) is 40.0 Å². The Balaban J connectivity index is 2.13. The lowest BCUT2D eigenvalue weighted by molar-refractivity contribution is -0.0113. The van der Waals surface area contributed by atoms with Gasteiger partial charge in [-0.2, -0.15) is 0 Å². The van der Waals surface area contributed by atoms with Crippen LogP contribution >= 0.6 is 0 Å². The number of hydrogen-bond acceptors (Lipinski definition) is 4. The SMILES string of the molecule is CCCNCC(COC)OCCOc1ccccc1. The molecule has 0 bridgehead atoms. The van der Waals surface area contributed by atoms with Crippen LogP contribution in [0, 0.1) is 0 Å². The van der Waals surface area contributed by atoms with E-state index in [-0.39, 0.29) is 6.10 Å². The summed E-state index contributed by atoms with van der Waals surface area (Å²) in [5.41, 5.74) is 0. The number of ether oxygens (including phenoxy) is 3. The van der Waals surface area contributed by atoms with E-state index in [4.69, 9.17) is 14.2 Å². The molecule has 108 valence electrons. The highest BCUT2D eigenvalue weighted by molar-refractivity contribution is 5.20. The number of para-hydroxylation sites is 1. The molecule has 0 heterocycles. The van der Waals surface area contributed by atoms with Gasteiger partial charge in [0.05, 0.1) is 19.3 Å². The summed E-state index contributed by atoms with van der Waals surface area (Å²) in [6, 6.07) is 9.76. The van der Waals surface area contributed by atoms with Crippen molar-refractivity contribution in [2.24, 2.45) is 0 Å². The third kappa shape index (κ3) is 7.82. The highest BCUT2D eigenvalue weighted by atomic mass is 16.5. The van der Waals surface area contributed by atoms with Crippen LogP contribution in [0.2, 0.25) is 0 Å². The zero-order valence-electron chi connectivity index (χ0n) is 11.9. The van der Waals surface area contributed by atoms with Crippen LogP contribution in [0.25, 0.3) is 0 Å². The summed E-state index contributed by atoms with van der Waals surface area (Å²) in [5.74, 6) is 0.874. The Morgan fingerprint density at radius 1 is 1.16 bits per heavy atom. The van der Waals surface area contributed by atoms with Gasteiger partial charge in [-0.1, -0.05) is 25.1 Å². The molecule has 0 saturated heterocycles. The van der Waals surface area contributed by atoms with E-state index in [9.17, 15) is 0 Å². The lowest BCUT2D eigenvalue weighted by Crippen LogP contribution is -2.34. The van der Waals surface area contributed by atoms with Crippen molar-refractivity contribution in [2.45, 2.75) is 19.4 Å². The largest absolute Gasteiger partial charge is 0.491 e. The predicted octanol–water partition coefficient (Wildman–Crippen LogP) is 2.10. The van der Waals surface area contributed by atoms with Crippen LogP contribution in [0.1, 0.15) is 13.3 Å². The van der Waals surface area contributed by atoms with Gasteiger partial charge in [0.2, 0.25) is 0 Å². The maximum atomic E-state index is 5.74. The van der Waals surface area contributed by atoms with Gasteiger partial charge < -0.3 is 19.5 Å². The molecule has 0 radical (unpaired) electrons. The van der Waals surface area contributed by atoms with Crippen molar-refractivity contribution in [1.29, 1.82) is 0 Å². The molecular formula is C15H25NO3. The fraction of sp³-hybridized carbons (Fsp3) is 0.600. The van der Waals surface area contributed by atoms with Crippen molar-refractivity contribution < 1.29 is 14.2 Å². The summed E-state index contributed by atoms with van der Waals surface area (Å²) in [4.78, 5) is 0. The van der Waals surface area contributed by atoms with Gasteiger partial charge in [0.25, 0.3) is 0 Å². The molecule has 0 aliphatic carbocycles.